The van der Waals surface area contributed by atoms with Gasteiger partial charge in [-0.25, -0.2) is 0 Å². The van der Waals surface area contributed by atoms with E-state index in [9.17, 15) is 9.59 Å². The molecular weight excluding hydrogens is 318 g/mol. The summed E-state index contributed by atoms with van der Waals surface area (Å²) in [6, 6.07) is 1.90. The average molecular weight is 347 g/mol. The summed E-state index contributed by atoms with van der Waals surface area (Å²) in [5.74, 6) is 0.441. The van der Waals surface area contributed by atoms with Crippen LogP contribution in [0, 0.1) is 0 Å². The monoisotopic (exact) mass is 347 g/mol. The Morgan fingerprint density at radius 2 is 2.08 bits per heavy atom. The Hall–Kier alpha value is -1.89. The van der Waals surface area contributed by atoms with Gasteiger partial charge >= 0.3 is 0 Å². The molecular formula is C18H29N5O2. The second kappa shape index (κ2) is 7.56. The summed E-state index contributed by atoms with van der Waals surface area (Å²) >= 11 is 0. The SMILES string of the molecule is CN1CC[C@@]2(CCC1=O)CN(C(=O)CCCn1cccn1)CCN2C. The summed E-state index contributed by atoms with van der Waals surface area (Å²) in [4.78, 5) is 30.9. The van der Waals surface area contributed by atoms with E-state index < -0.39 is 0 Å². The fourth-order valence-corrected chi connectivity index (χ4v) is 3.95. The van der Waals surface area contributed by atoms with E-state index in [0.717, 1.165) is 52.0 Å². The molecule has 25 heavy (non-hydrogen) atoms. The lowest BCUT2D eigenvalue weighted by Gasteiger charge is -2.49. The lowest BCUT2D eigenvalue weighted by atomic mass is 9.86. The molecule has 2 aliphatic heterocycles. The summed E-state index contributed by atoms with van der Waals surface area (Å²) in [5.41, 5.74) is -0.0592. The van der Waals surface area contributed by atoms with Crippen molar-refractivity contribution in [2.24, 2.45) is 0 Å². The van der Waals surface area contributed by atoms with E-state index in [1.807, 2.05) is 33.8 Å². The van der Waals surface area contributed by atoms with Crippen molar-refractivity contribution in [3.8, 4) is 0 Å². The smallest absolute Gasteiger partial charge is 0.222 e. The minimum absolute atomic E-state index is 0.0592. The molecule has 2 aliphatic rings. The van der Waals surface area contributed by atoms with Crippen LogP contribution in [-0.2, 0) is 16.1 Å². The van der Waals surface area contributed by atoms with E-state index in [1.54, 1.807) is 6.20 Å². The minimum Gasteiger partial charge on any atom is -0.346 e. The van der Waals surface area contributed by atoms with Gasteiger partial charge in [0.2, 0.25) is 11.8 Å². The molecule has 7 nitrogen and oxygen atoms in total. The van der Waals surface area contributed by atoms with Crippen molar-refractivity contribution in [2.75, 3.05) is 40.3 Å². The number of amides is 2. The van der Waals surface area contributed by atoms with Crippen molar-refractivity contribution in [2.45, 2.75) is 44.2 Å². The second-order valence-electron chi connectivity index (χ2n) is 7.40. The third kappa shape index (κ3) is 4.03. The normalized spacial score (nSPS) is 25.4. The van der Waals surface area contributed by atoms with E-state index in [2.05, 4.69) is 17.0 Å². The van der Waals surface area contributed by atoms with Crippen molar-refractivity contribution < 1.29 is 9.59 Å². The molecule has 0 N–H and O–H groups in total. The van der Waals surface area contributed by atoms with Crippen LogP contribution in [0.1, 0.15) is 32.1 Å². The predicted octanol–water partition coefficient (Wildman–Crippen LogP) is 0.818. The lowest BCUT2D eigenvalue weighted by molar-refractivity contribution is -0.137. The largest absolute Gasteiger partial charge is 0.346 e. The van der Waals surface area contributed by atoms with Crippen molar-refractivity contribution >= 4 is 11.8 Å². The zero-order valence-electron chi connectivity index (χ0n) is 15.4. The number of hydrogen-bond acceptors (Lipinski definition) is 4. The molecule has 0 bridgehead atoms. The van der Waals surface area contributed by atoms with Gasteiger partial charge in [0.15, 0.2) is 0 Å². The molecule has 0 aromatic carbocycles. The highest BCUT2D eigenvalue weighted by Crippen LogP contribution is 2.32. The number of aryl methyl sites for hydroxylation is 1. The highest BCUT2D eigenvalue weighted by molar-refractivity contribution is 5.77. The number of nitrogens with zero attached hydrogens (tertiary/aromatic N) is 5. The van der Waals surface area contributed by atoms with Gasteiger partial charge in [-0.1, -0.05) is 0 Å². The van der Waals surface area contributed by atoms with Crippen LogP contribution in [0.15, 0.2) is 18.5 Å². The Kier molecular flexibility index (Phi) is 5.42. The highest BCUT2D eigenvalue weighted by Gasteiger charge is 2.42. The van der Waals surface area contributed by atoms with Crippen LogP contribution in [-0.4, -0.2) is 82.1 Å². The van der Waals surface area contributed by atoms with Crippen molar-refractivity contribution in [3.63, 3.8) is 0 Å². The lowest BCUT2D eigenvalue weighted by Crippen LogP contribution is -2.62. The van der Waals surface area contributed by atoms with Crippen LogP contribution >= 0.6 is 0 Å². The van der Waals surface area contributed by atoms with E-state index >= 15 is 0 Å². The zero-order valence-corrected chi connectivity index (χ0v) is 15.4. The van der Waals surface area contributed by atoms with Gasteiger partial charge in [0.1, 0.15) is 0 Å². The number of likely N-dealkylation sites (tertiary alicyclic amines) is 1. The molecule has 1 spiro atoms. The summed E-state index contributed by atoms with van der Waals surface area (Å²) < 4.78 is 1.87. The van der Waals surface area contributed by atoms with Crippen LogP contribution in [0.25, 0.3) is 0 Å². The number of likely N-dealkylation sites (N-methyl/N-ethyl adjacent to an activating group) is 1. The molecule has 7 heteroatoms. The molecule has 138 valence electrons. The van der Waals surface area contributed by atoms with Gasteiger partial charge in [-0.2, -0.15) is 5.10 Å². The molecule has 0 radical (unpaired) electrons. The van der Waals surface area contributed by atoms with Crippen LogP contribution in [0.2, 0.25) is 0 Å². The summed E-state index contributed by atoms with van der Waals surface area (Å²) in [6.45, 7) is 3.94. The Morgan fingerprint density at radius 1 is 1.24 bits per heavy atom. The first kappa shape index (κ1) is 17.9. The van der Waals surface area contributed by atoms with E-state index in [1.165, 1.54) is 0 Å². The van der Waals surface area contributed by atoms with Gasteiger partial charge in [0.05, 0.1) is 0 Å². The minimum atomic E-state index is -0.0592. The van der Waals surface area contributed by atoms with Gasteiger partial charge in [0, 0.05) is 70.5 Å². The third-order valence-corrected chi connectivity index (χ3v) is 5.83. The maximum absolute atomic E-state index is 12.7. The number of rotatable bonds is 4. The molecule has 0 saturated carbocycles. The van der Waals surface area contributed by atoms with Crippen LogP contribution in [0.5, 0.6) is 0 Å². The first-order chi connectivity index (χ1) is 12.0. The molecule has 3 heterocycles. The van der Waals surface area contributed by atoms with Crippen LogP contribution < -0.4 is 0 Å². The fraction of sp³-hybridized carbons (Fsp3) is 0.722. The Morgan fingerprint density at radius 3 is 2.84 bits per heavy atom. The standard InChI is InChI=1S/C18H29N5O2/c1-20-12-8-18(7-6-16(20)24)15-22(14-13-21(18)2)17(25)5-3-10-23-11-4-9-19-23/h4,9,11H,3,5-8,10,12-15H2,1-2H3/t18-/m0/s1. The summed E-state index contributed by atoms with van der Waals surface area (Å²) in [7, 11) is 4.01. The number of carbonyl (C=O) groups is 2. The second-order valence-corrected chi connectivity index (χ2v) is 7.40. The first-order valence-electron chi connectivity index (χ1n) is 9.21. The molecule has 2 fully saturated rings. The quantitative estimate of drug-likeness (QED) is 0.809. The molecule has 0 aliphatic carbocycles. The predicted molar refractivity (Wildman–Crippen MR) is 94.9 cm³/mol. The van der Waals surface area contributed by atoms with Crippen molar-refractivity contribution in [3.05, 3.63) is 18.5 Å². The number of piperazine rings is 1. The fourth-order valence-electron chi connectivity index (χ4n) is 3.95. The number of aromatic nitrogens is 2. The van der Waals surface area contributed by atoms with E-state index in [4.69, 9.17) is 0 Å². The third-order valence-electron chi connectivity index (χ3n) is 5.83. The van der Waals surface area contributed by atoms with Gasteiger partial charge < -0.3 is 9.80 Å². The Labute approximate surface area is 149 Å². The van der Waals surface area contributed by atoms with Crippen LogP contribution in [0.3, 0.4) is 0 Å². The number of hydrogen-bond donors (Lipinski definition) is 0. The molecule has 1 atom stereocenters. The van der Waals surface area contributed by atoms with E-state index in [-0.39, 0.29) is 17.4 Å². The topological polar surface area (TPSA) is 61.7 Å². The summed E-state index contributed by atoms with van der Waals surface area (Å²) in [5, 5.41) is 4.18. The molecule has 1 aromatic rings. The van der Waals surface area contributed by atoms with Crippen molar-refractivity contribution in [1.82, 2.24) is 24.5 Å². The molecule has 0 unspecified atom stereocenters. The Balaban J connectivity index is 1.57. The maximum Gasteiger partial charge on any atom is 0.222 e. The van der Waals surface area contributed by atoms with Gasteiger partial charge in [-0.15, -0.1) is 0 Å². The molecule has 2 saturated heterocycles. The number of carbonyl (C=O) groups excluding carboxylic acids is 2. The van der Waals surface area contributed by atoms with Gasteiger partial charge in [-0.05, 0) is 32.4 Å². The highest BCUT2D eigenvalue weighted by atomic mass is 16.2. The van der Waals surface area contributed by atoms with E-state index in [0.29, 0.717) is 12.8 Å². The molecule has 1 aromatic heterocycles. The average Bonchev–Trinajstić information content (AvgIpc) is 3.08. The first-order valence-corrected chi connectivity index (χ1v) is 9.21. The summed E-state index contributed by atoms with van der Waals surface area (Å²) in [6.07, 6.45) is 7.39. The van der Waals surface area contributed by atoms with Gasteiger partial charge in [-0.3, -0.25) is 19.2 Å². The Bertz CT molecular complexity index is 603. The zero-order chi connectivity index (χ0) is 17.9. The maximum atomic E-state index is 12.7. The van der Waals surface area contributed by atoms with Gasteiger partial charge in [0.25, 0.3) is 0 Å². The van der Waals surface area contributed by atoms with Crippen LogP contribution in [0.4, 0.5) is 0 Å². The van der Waals surface area contributed by atoms with Crippen molar-refractivity contribution in [1.29, 1.82) is 0 Å². The molecule has 2 amide bonds. The molecule has 3 rings (SSSR count).